The molecule has 18 heavy (non-hydrogen) atoms. The molecule has 0 atom stereocenters. The van der Waals surface area contributed by atoms with Gasteiger partial charge in [-0.25, -0.2) is 0 Å². The molecule has 0 radical (unpaired) electrons. The molecule has 0 spiro atoms. The maximum absolute atomic E-state index is 11.8. The Bertz CT molecular complexity index is 484. The van der Waals surface area contributed by atoms with Crippen LogP contribution in [0.15, 0.2) is 18.2 Å². The highest BCUT2D eigenvalue weighted by atomic mass is 16.5. The highest BCUT2D eigenvalue weighted by Crippen LogP contribution is 2.41. The van der Waals surface area contributed by atoms with E-state index in [-0.39, 0.29) is 11.3 Å². The minimum absolute atomic E-state index is 0.00445. The third-order valence-corrected chi connectivity index (χ3v) is 3.06. The minimum Gasteiger partial charge on any atom is -0.485 e. The van der Waals surface area contributed by atoms with Crippen LogP contribution in [0.5, 0.6) is 5.75 Å². The van der Waals surface area contributed by atoms with Crippen molar-refractivity contribution in [3.8, 4) is 5.75 Å². The van der Waals surface area contributed by atoms with Crippen LogP contribution in [0.3, 0.4) is 0 Å². The van der Waals surface area contributed by atoms with Gasteiger partial charge in [0.05, 0.1) is 12.1 Å². The molecule has 0 bridgehead atoms. The fourth-order valence-corrected chi connectivity index (χ4v) is 2.23. The summed E-state index contributed by atoms with van der Waals surface area (Å²) >= 11 is 0. The molecule has 0 saturated carbocycles. The van der Waals surface area contributed by atoms with Gasteiger partial charge in [0.15, 0.2) is 0 Å². The Labute approximate surface area is 109 Å². The van der Waals surface area contributed by atoms with Gasteiger partial charge in [-0.3, -0.25) is 4.79 Å². The Hall–Kier alpha value is -1.51. The van der Waals surface area contributed by atoms with Crippen LogP contribution in [-0.2, 0) is 10.2 Å². The molecule has 3 nitrogen and oxygen atoms in total. The molecule has 1 heterocycles. The topological polar surface area (TPSA) is 38.3 Å². The van der Waals surface area contributed by atoms with E-state index in [4.69, 9.17) is 4.74 Å². The molecule has 3 heteroatoms. The molecule has 0 unspecified atom stereocenters. The van der Waals surface area contributed by atoms with Crippen molar-refractivity contribution >= 4 is 11.6 Å². The lowest BCUT2D eigenvalue weighted by Gasteiger charge is -2.28. The molecule has 98 valence electrons. The highest BCUT2D eigenvalue weighted by Gasteiger charge is 2.32. The summed E-state index contributed by atoms with van der Waals surface area (Å²) in [6.45, 7) is 10.3. The second-order valence-corrected chi connectivity index (χ2v) is 6.52. The lowest BCUT2D eigenvalue weighted by Crippen LogP contribution is -2.31. The largest absolute Gasteiger partial charge is 0.485 e. The van der Waals surface area contributed by atoms with Crippen molar-refractivity contribution in [2.45, 2.75) is 52.1 Å². The fourth-order valence-electron chi connectivity index (χ4n) is 2.23. The predicted molar refractivity (Wildman–Crippen MR) is 73.1 cm³/mol. The zero-order chi connectivity index (χ0) is 13.6. The number of amides is 1. The van der Waals surface area contributed by atoms with E-state index < -0.39 is 5.60 Å². The number of hydrogen-bond acceptors (Lipinski definition) is 2. The Morgan fingerprint density at radius 2 is 1.94 bits per heavy atom. The third kappa shape index (κ3) is 2.50. The van der Waals surface area contributed by atoms with Gasteiger partial charge >= 0.3 is 0 Å². The molecular formula is C15H21NO2. The normalized spacial score (nSPS) is 18.4. The Morgan fingerprint density at radius 1 is 1.28 bits per heavy atom. The van der Waals surface area contributed by atoms with Crippen LogP contribution in [0.1, 0.15) is 46.6 Å². The van der Waals surface area contributed by atoms with Gasteiger partial charge in [-0.2, -0.15) is 0 Å². The fraction of sp³-hybridized carbons (Fsp3) is 0.533. The first-order chi connectivity index (χ1) is 8.19. The quantitative estimate of drug-likeness (QED) is 0.762. The number of carbonyl (C=O) groups is 1. The Balaban J connectivity index is 2.58. The maximum atomic E-state index is 11.8. The van der Waals surface area contributed by atoms with Crippen LogP contribution in [0, 0.1) is 0 Å². The molecule has 1 aromatic carbocycles. The number of para-hydroxylation sites is 1. The number of hydrogen-bond donors (Lipinski definition) is 1. The van der Waals surface area contributed by atoms with E-state index in [2.05, 4.69) is 32.2 Å². The minimum atomic E-state index is -0.476. The number of nitrogens with one attached hydrogen (secondary N) is 1. The summed E-state index contributed by atoms with van der Waals surface area (Å²) in [5.41, 5.74) is 1.40. The van der Waals surface area contributed by atoms with Crippen molar-refractivity contribution < 1.29 is 9.53 Å². The molecular weight excluding hydrogens is 226 g/mol. The zero-order valence-corrected chi connectivity index (χ0v) is 11.8. The van der Waals surface area contributed by atoms with Crippen molar-refractivity contribution in [3.63, 3.8) is 0 Å². The molecule has 2 rings (SSSR count). The predicted octanol–water partition coefficient (Wildman–Crippen LogP) is 3.48. The molecule has 1 amide bonds. The molecule has 0 aromatic heterocycles. The first-order valence-electron chi connectivity index (χ1n) is 6.31. The second kappa shape index (κ2) is 4.01. The van der Waals surface area contributed by atoms with Crippen LogP contribution in [0.2, 0.25) is 0 Å². The van der Waals surface area contributed by atoms with Gasteiger partial charge in [0, 0.05) is 5.56 Å². The molecule has 1 aliphatic heterocycles. The standard InChI is InChI=1S/C15H21NO2/c1-14(2,3)10-7-6-8-11-13(10)18-15(4,5)9-12(17)16-11/h6-8H,9H2,1-5H3,(H,16,17). The number of ether oxygens (including phenoxy) is 1. The van der Waals surface area contributed by atoms with Gasteiger partial charge in [0.25, 0.3) is 0 Å². The summed E-state index contributed by atoms with van der Waals surface area (Å²) in [7, 11) is 0. The average Bonchev–Trinajstić information content (AvgIpc) is 2.27. The Morgan fingerprint density at radius 3 is 2.56 bits per heavy atom. The van der Waals surface area contributed by atoms with Crippen molar-refractivity contribution in [1.29, 1.82) is 0 Å². The molecule has 0 aliphatic carbocycles. The molecule has 1 N–H and O–H groups in total. The summed E-state index contributed by atoms with van der Waals surface area (Å²) in [5.74, 6) is 0.811. The van der Waals surface area contributed by atoms with Gasteiger partial charge in [-0.15, -0.1) is 0 Å². The van der Waals surface area contributed by atoms with Crippen molar-refractivity contribution in [3.05, 3.63) is 23.8 Å². The molecule has 1 aromatic rings. The SMILES string of the molecule is CC1(C)CC(=O)Nc2cccc(C(C)(C)C)c2O1. The van der Waals surface area contributed by atoms with E-state index in [9.17, 15) is 4.79 Å². The lowest BCUT2D eigenvalue weighted by atomic mass is 9.86. The molecule has 1 aliphatic rings. The van der Waals surface area contributed by atoms with Gasteiger partial charge < -0.3 is 10.1 Å². The van der Waals surface area contributed by atoms with E-state index in [0.29, 0.717) is 6.42 Å². The zero-order valence-electron chi connectivity index (χ0n) is 11.8. The van der Waals surface area contributed by atoms with E-state index in [1.807, 2.05) is 26.0 Å². The number of benzene rings is 1. The van der Waals surface area contributed by atoms with Crippen LogP contribution < -0.4 is 10.1 Å². The van der Waals surface area contributed by atoms with Gasteiger partial charge in [-0.1, -0.05) is 32.9 Å². The summed E-state index contributed by atoms with van der Waals surface area (Å²) in [5, 5.41) is 2.93. The van der Waals surface area contributed by atoms with Crippen LogP contribution in [-0.4, -0.2) is 11.5 Å². The maximum Gasteiger partial charge on any atom is 0.228 e. The Kier molecular flexibility index (Phi) is 2.88. The van der Waals surface area contributed by atoms with Gasteiger partial charge in [0.1, 0.15) is 11.4 Å². The van der Waals surface area contributed by atoms with Gasteiger partial charge in [0.2, 0.25) is 5.91 Å². The third-order valence-electron chi connectivity index (χ3n) is 3.06. The van der Waals surface area contributed by atoms with E-state index in [0.717, 1.165) is 17.0 Å². The lowest BCUT2D eigenvalue weighted by molar-refractivity contribution is -0.118. The molecule has 0 fully saturated rings. The summed E-state index contributed by atoms with van der Waals surface area (Å²) in [6.07, 6.45) is 0.366. The average molecular weight is 247 g/mol. The van der Waals surface area contributed by atoms with Crippen molar-refractivity contribution in [2.75, 3.05) is 5.32 Å². The van der Waals surface area contributed by atoms with E-state index in [1.54, 1.807) is 0 Å². The number of anilines is 1. The van der Waals surface area contributed by atoms with Crippen LogP contribution >= 0.6 is 0 Å². The van der Waals surface area contributed by atoms with Crippen molar-refractivity contribution in [1.82, 2.24) is 0 Å². The van der Waals surface area contributed by atoms with Crippen molar-refractivity contribution in [2.24, 2.45) is 0 Å². The monoisotopic (exact) mass is 247 g/mol. The summed E-state index contributed by atoms with van der Waals surface area (Å²) < 4.78 is 6.09. The first kappa shape index (κ1) is 12.9. The molecule has 0 saturated heterocycles. The number of fused-ring (bicyclic) bond motifs is 1. The second-order valence-electron chi connectivity index (χ2n) is 6.52. The summed E-state index contributed by atoms with van der Waals surface area (Å²) in [4.78, 5) is 11.8. The number of carbonyl (C=O) groups excluding carboxylic acids is 1. The highest BCUT2D eigenvalue weighted by molar-refractivity contribution is 5.94. The summed E-state index contributed by atoms with van der Waals surface area (Å²) in [6, 6.07) is 5.91. The smallest absolute Gasteiger partial charge is 0.228 e. The number of rotatable bonds is 0. The first-order valence-corrected chi connectivity index (χ1v) is 6.31. The van der Waals surface area contributed by atoms with Crippen LogP contribution in [0.25, 0.3) is 0 Å². The van der Waals surface area contributed by atoms with E-state index >= 15 is 0 Å². The van der Waals surface area contributed by atoms with Crippen LogP contribution in [0.4, 0.5) is 5.69 Å². The van der Waals surface area contributed by atoms with Gasteiger partial charge in [-0.05, 0) is 25.3 Å². The van der Waals surface area contributed by atoms with E-state index in [1.165, 1.54) is 0 Å².